The molecule has 3 nitrogen and oxygen atoms in total. The van der Waals surface area contributed by atoms with E-state index >= 15 is 0 Å². The Balaban J connectivity index is 2.12. The van der Waals surface area contributed by atoms with Crippen molar-refractivity contribution in [2.75, 3.05) is 6.54 Å². The molecule has 2 rings (SSSR count). The Labute approximate surface area is 121 Å². The lowest BCUT2D eigenvalue weighted by Gasteiger charge is -2.38. The van der Waals surface area contributed by atoms with Crippen molar-refractivity contribution in [2.45, 2.75) is 58.0 Å². The first kappa shape index (κ1) is 15.0. The minimum absolute atomic E-state index is 0.261. The van der Waals surface area contributed by atoms with Crippen molar-refractivity contribution in [3.05, 3.63) is 35.4 Å². The molecule has 0 fully saturated rings. The molecule has 1 atom stereocenters. The zero-order valence-electron chi connectivity index (χ0n) is 12.5. The third-order valence-corrected chi connectivity index (χ3v) is 4.21. The van der Waals surface area contributed by atoms with Gasteiger partial charge in [-0.25, -0.2) is 0 Å². The van der Waals surface area contributed by atoms with Crippen LogP contribution in [0.25, 0.3) is 0 Å². The highest BCUT2D eigenvalue weighted by atomic mass is 16.4. The van der Waals surface area contributed by atoms with Crippen LogP contribution in [-0.2, 0) is 11.2 Å². The van der Waals surface area contributed by atoms with Gasteiger partial charge in [0, 0.05) is 18.5 Å². The Morgan fingerprint density at radius 1 is 1.40 bits per heavy atom. The standard InChI is InChI=1S/C17H25NO2/c1-13(2)18(12-6-11-17(19)20)16-10-5-8-14-7-3-4-9-15(14)16/h3-4,7,9,13,16H,5-6,8,10-12H2,1-2H3,(H,19,20). The van der Waals surface area contributed by atoms with Gasteiger partial charge in [-0.3, -0.25) is 9.69 Å². The van der Waals surface area contributed by atoms with Crippen LogP contribution in [0.4, 0.5) is 0 Å². The zero-order valence-corrected chi connectivity index (χ0v) is 12.5. The summed E-state index contributed by atoms with van der Waals surface area (Å²) in [5, 5.41) is 8.81. The Hall–Kier alpha value is -1.35. The second-order valence-corrected chi connectivity index (χ2v) is 5.94. The van der Waals surface area contributed by atoms with Gasteiger partial charge in [-0.15, -0.1) is 0 Å². The van der Waals surface area contributed by atoms with Crippen LogP contribution in [0.1, 0.15) is 56.7 Å². The van der Waals surface area contributed by atoms with Crippen LogP contribution >= 0.6 is 0 Å². The third-order valence-electron chi connectivity index (χ3n) is 4.21. The SMILES string of the molecule is CC(C)N(CCCC(=O)O)C1CCCc2ccccc21. The number of benzene rings is 1. The number of aryl methyl sites for hydroxylation is 1. The molecule has 3 heteroatoms. The molecule has 1 N–H and O–H groups in total. The van der Waals surface area contributed by atoms with Crippen LogP contribution < -0.4 is 0 Å². The number of aliphatic carboxylic acids is 1. The van der Waals surface area contributed by atoms with Crippen LogP contribution in [0.15, 0.2) is 24.3 Å². The van der Waals surface area contributed by atoms with Crippen molar-refractivity contribution in [3.8, 4) is 0 Å². The largest absolute Gasteiger partial charge is 0.481 e. The summed E-state index contributed by atoms with van der Waals surface area (Å²) >= 11 is 0. The lowest BCUT2D eigenvalue weighted by atomic mass is 9.86. The van der Waals surface area contributed by atoms with Crippen molar-refractivity contribution in [3.63, 3.8) is 0 Å². The maximum Gasteiger partial charge on any atom is 0.303 e. The summed E-state index contributed by atoms with van der Waals surface area (Å²) in [6.07, 6.45) is 4.57. The number of hydrogen-bond donors (Lipinski definition) is 1. The third kappa shape index (κ3) is 3.60. The average Bonchev–Trinajstić information content (AvgIpc) is 2.42. The molecule has 1 unspecified atom stereocenters. The summed E-state index contributed by atoms with van der Waals surface area (Å²) in [6, 6.07) is 9.61. The van der Waals surface area contributed by atoms with E-state index in [4.69, 9.17) is 5.11 Å². The predicted molar refractivity (Wildman–Crippen MR) is 80.8 cm³/mol. The highest BCUT2D eigenvalue weighted by molar-refractivity contribution is 5.66. The van der Waals surface area contributed by atoms with Crippen molar-refractivity contribution in [1.29, 1.82) is 0 Å². The maximum atomic E-state index is 10.7. The minimum atomic E-state index is -0.697. The monoisotopic (exact) mass is 275 g/mol. The van der Waals surface area contributed by atoms with E-state index in [1.165, 1.54) is 30.4 Å². The van der Waals surface area contributed by atoms with E-state index in [0.29, 0.717) is 12.1 Å². The molecule has 0 radical (unpaired) electrons. The first-order chi connectivity index (χ1) is 9.59. The van der Waals surface area contributed by atoms with Crippen LogP contribution in [0.2, 0.25) is 0 Å². The number of rotatable bonds is 6. The van der Waals surface area contributed by atoms with Gasteiger partial charge >= 0.3 is 5.97 Å². The van der Waals surface area contributed by atoms with Crippen molar-refractivity contribution in [1.82, 2.24) is 4.90 Å². The topological polar surface area (TPSA) is 40.5 Å². The van der Waals surface area contributed by atoms with Crippen LogP contribution in [0, 0.1) is 0 Å². The van der Waals surface area contributed by atoms with E-state index in [9.17, 15) is 4.79 Å². The van der Waals surface area contributed by atoms with Crippen molar-refractivity contribution in [2.24, 2.45) is 0 Å². The fraction of sp³-hybridized carbons (Fsp3) is 0.588. The molecule has 20 heavy (non-hydrogen) atoms. The molecule has 1 aromatic rings. The van der Waals surface area contributed by atoms with Gasteiger partial charge in [0.1, 0.15) is 0 Å². The molecule has 0 heterocycles. The quantitative estimate of drug-likeness (QED) is 0.861. The van der Waals surface area contributed by atoms with E-state index < -0.39 is 5.97 Å². The van der Waals surface area contributed by atoms with Gasteiger partial charge in [0.25, 0.3) is 0 Å². The summed E-state index contributed by atoms with van der Waals surface area (Å²) in [4.78, 5) is 13.2. The van der Waals surface area contributed by atoms with Crippen molar-refractivity contribution >= 4 is 5.97 Å². The van der Waals surface area contributed by atoms with Crippen molar-refractivity contribution < 1.29 is 9.90 Å². The molecule has 0 saturated carbocycles. The smallest absolute Gasteiger partial charge is 0.303 e. The Morgan fingerprint density at radius 2 is 2.15 bits per heavy atom. The van der Waals surface area contributed by atoms with Gasteiger partial charge in [-0.2, -0.15) is 0 Å². The fourth-order valence-electron chi connectivity index (χ4n) is 3.26. The fourth-order valence-corrected chi connectivity index (χ4v) is 3.26. The van der Waals surface area contributed by atoms with Crippen LogP contribution in [0.3, 0.4) is 0 Å². The molecule has 0 amide bonds. The molecule has 1 aromatic carbocycles. The lowest BCUT2D eigenvalue weighted by Crippen LogP contribution is -2.37. The normalized spacial score (nSPS) is 18.3. The van der Waals surface area contributed by atoms with E-state index in [0.717, 1.165) is 13.0 Å². The molecule has 1 aliphatic rings. The second-order valence-electron chi connectivity index (χ2n) is 5.94. The zero-order chi connectivity index (χ0) is 14.5. The summed E-state index contributed by atoms with van der Waals surface area (Å²) in [5.41, 5.74) is 2.91. The Kier molecular flexibility index (Phi) is 5.18. The number of carboxylic acids is 1. The van der Waals surface area contributed by atoms with Crippen LogP contribution in [-0.4, -0.2) is 28.6 Å². The summed E-state index contributed by atoms with van der Waals surface area (Å²) in [5.74, 6) is -0.697. The molecule has 0 bridgehead atoms. The number of carbonyl (C=O) groups is 1. The molecule has 0 aromatic heterocycles. The van der Waals surface area contributed by atoms with Gasteiger partial charge in [0.2, 0.25) is 0 Å². The number of nitrogens with zero attached hydrogens (tertiary/aromatic N) is 1. The van der Waals surface area contributed by atoms with Gasteiger partial charge in [0.05, 0.1) is 0 Å². The number of fused-ring (bicyclic) bond motifs is 1. The molecule has 0 spiro atoms. The predicted octanol–water partition coefficient (Wildman–Crippen LogP) is 3.64. The van der Waals surface area contributed by atoms with Crippen LogP contribution in [0.5, 0.6) is 0 Å². The summed E-state index contributed by atoms with van der Waals surface area (Å²) in [7, 11) is 0. The molecule has 0 saturated heterocycles. The molecular formula is C17H25NO2. The average molecular weight is 275 g/mol. The highest BCUT2D eigenvalue weighted by Gasteiger charge is 2.27. The van der Waals surface area contributed by atoms with E-state index in [1.807, 2.05) is 0 Å². The minimum Gasteiger partial charge on any atom is -0.481 e. The maximum absolute atomic E-state index is 10.7. The second kappa shape index (κ2) is 6.89. The summed E-state index contributed by atoms with van der Waals surface area (Å²) in [6.45, 7) is 5.28. The van der Waals surface area contributed by atoms with E-state index in [1.54, 1.807) is 0 Å². The van der Waals surface area contributed by atoms with Gasteiger partial charge in [-0.1, -0.05) is 24.3 Å². The first-order valence-electron chi connectivity index (χ1n) is 7.65. The van der Waals surface area contributed by atoms with E-state index in [-0.39, 0.29) is 6.42 Å². The van der Waals surface area contributed by atoms with Gasteiger partial charge in [-0.05, 0) is 57.2 Å². The molecule has 110 valence electrons. The molecular weight excluding hydrogens is 250 g/mol. The number of carboxylic acid groups (broad SMARTS) is 1. The first-order valence-corrected chi connectivity index (χ1v) is 7.65. The highest BCUT2D eigenvalue weighted by Crippen LogP contribution is 2.35. The molecule has 0 aliphatic heterocycles. The summed E-state index contributed by atoms with van der Waals surface area (Å²) < 4.78 is 0. The Bertz CT molecular complexity index is 456. The van der Waals surface area contributed by atoms with E-state index in [2.05, 4.69) is 43.0 Å². The lowest BCUT2D eigenvalue weighted by molar-refractivity contribution is -0.137. The van der Waals surface area contributed by atoms with Gasteiger partial charge in [0.15, 0.2) is 0 Å². The Morgan fingerprint density at radius 3 is 2.85 bits per heavy atom. The number of hydrogen-bond acceptors (Lipinski definition) is 2. The molecule has 1 aliphatic carbocycles. The van der Waals surface area contributed by atoms with Gasteiger partial charge < -0.3 is 5.11 Å².